The van der Waals surface area contributed by atoms with Crippen LogP contribution in [0.1, 0.15) is 10.4 Å². The van der Waals surface area contributed by atoms with Crippen LogP contribution in [0.3, 0.4) is 0 Å². The summed E-state index contributed by atoms with van der Waals surface area (Å²) >= 11 is 11.8. The topological polar surface area (TPSA) is 58.6 Å². The van der Waals surface area contributed by atoms with Gasteiger partial charge in [0.25, 0.3) is 5.91 Å². The third-order valence-electron chi connectivity index (χ3n) is 3.21. The van der Waals surface area contributed by atoms with Crippen molar-refractivity contribution in [3.63, 3.8) is 0 Å². The molecule has 0 saturated heterocycles. The van der Waals surface area contributed by atoms with Gasteiger partial charge < -0.3 is 15.0 Å². The summed E-state index contributed by atoms with van der Waals surface area (Å²) in [7, 11) is 3.10. The molecule has 24 heavy (non-hydrogen) atoms. The molecule has 0 radical (unpaired) electrons. The summed E-state index contributed by atoms with van der Waals surface area (Å²) in [6, 6.07) is 11.5. The molecule has 0 aliphatic carbocycles. The summed E-state index contributed by atoms with van der Waals surface area (Å²) in [5.74, 6) is 0.0338. The van der Waals surface area contributed by atoms with E-state index in [9.17, 15) is 9.59 Å². The highest BCUT2D eigenvalue weighted by Gasteiger charge is 2.16. The van der Waals surface area contributed by atoms with Crippen LogP contribution in [-0.2, 0) is 4.79 Å². The molecule has 5 nitrogen and oxygen atoms in total. The Balaban J connectivity index is 1.98. The number of methoxy groups -OCH3 is 1. The van der Waals surface area contributed by atoms with Crippen LogP contribution in [0.15, 0.2) is 42.5 Å². The molecule has 0 unspecified atom stereocenters. The maximum absolute atomic E-state index is 12.3. The van der Waals surface area contributed by atoms with Crippen LogP contribution < -0.4 is 10.1 Å². The Morgan fingerprint density at radius 3 is 2.21 bits per heavy atom. The smallest absolute Gasteiger partial charge is 0.254 e. The van der Waals surface area contributed by atoms with Crippen molar-refractivity contribution < 1.29 is 14.3 Å². The van der Waals surface area contributed by atoms with E-state index >= 15 is 0 Å². The number of halogens is 2. The van der Waals surface area contributed by atoms with Gasteiger partial charge in [-0.3, -0.25) is 9.59 Å². The summed E-state index contributed by atoms with van der Waals surface area (Å²) < 4.78 is 5.05. The molecular formula is C17H16Cl2N2O3. The maximum atomic E-state index is 12.3. The summed E-state index contributed by atoms with van der Waals surface area (Å²) in [6.45, 7) is -0.102. The van der Waals surface area contributed by atoms with E-state index in [1.165, 1.54) is 30.1 Å². The lowest BCUT2D eigenvalue weighted by Crippen LogP contribution is -2.34. The molecule has 126 valence electrons. The van der Waals surface area contributed by atoms with Gasteiger partial charge in [0.2, 0.25) is 5.91 Å². The number of hydrogen-bond donors (Lipinski definition) is 1. The number of nitrogens with zero attached hydrogens (tertiary/aromatic N) is 1. The molecule has 0 heterocycles. The van der Waals surface area contributed by atoms with E-state index in [1.54, 1.807) is 31.4 Å². The standard InChI is InChI=1S/C17H16Cl2N2O3/c1-21(17(23)11-7-12(18)9-13(19)8-11)10-16(22)20-14-3-5-15(24-2)6-4-14/h3-9H,10H2,1-2H3,(H,20,22). The predicted octanol–water partition coefficient (Wildman–Crippen LogP) is 3.71. The Morgan fingerprint density at radius 2 is 1.67 bits per heavy atom. The summed E-state index contributed by atoms with van der Waals surface area (Å²) in [4.78, 5) is 25.7. The average molecular weight is 367 g/mol. The second-order valence-electron chi connectivity index (χ2n) is 5.10. The number of ether oxygens (including phenoxy) is 1. The number of likely N-dealkylation sites (N-methyl/N-ethyl adjacent to an activating group) is 1. The quantitative estimate of drug-likeness (QED) is 0.877. The summed E-state index contributed by atoms with van der Waals surface area (Å²) in [5.41, 5.74) is 0.944. The van der Waals surface area contributed by atoms with Crippen LogP contribution in [0, 0.1) is 0 Å². The minimum Gasteiger partial charge on any atom is -0.497 e. The van der Waals surface area contributed by atoms with Crippen molar-refractivity contribution in [2.75, 3.05) is 26.0 Å². The van der Waals surface area contributed by atoms with Crippen molar-refractivity contribution in [2.45, 2.75) is 0 Å². The van der Waals surface area contributed by atoms with Crippen molar-refractivity contribution in [3.05, 3.63) is 58.1 Å². The van der Waals surface area contributed by atoms with E-state index in [2.05, 4.69) is 5.32 Å². The predicted molar refractivity (Wildman–Crippen MR) is 95.0 cm³/mol. The van der Waals surface area contributed by atoms with Crippen LogP contribution in [0.2, 0.25) is 10.0 Å². The molecule has 0 atom stereocenters. The first-order valence-corrected chi connectivity index (χ1v) is 7.80. The molecule has 0 aliphatic heterocycles. The average Bonchev–Trinajstić information content (AvgIpc) is 2.53. The van der Waals surface area contributed by atoms with Gasteiger partial charge in [-0.1, -0.05) is 23.2 Å². The van der Waals surface area contributed by atoms with E-state index in [4.69, 9.17) is 27.9 Å². The first-order valence-electron chi connectivity index (χ1n) is 7.04. The third-order valence-corrected chi connectivity index (χ3v) is 3.65. The van der Waals surface area contributed by atoms with Gasteiger partial charge in [-0.15, -0.1) is 0 Å². The minimum absolute atomic E-state index is 0.102. The Labute approximate surface area is 150 Å². The number of carbonyl (C=O) groups is 2. The van der Waals surface area contributed by atoms with Crippen LogP contribution >= 0.6 is 23.2 Å². The number of nitrogens with one attached hydrogen (secondary N) is 1. The fourth-order valence-electron chi connectivity index (χ4n) is 2.06. The lowest BCUT2D eigenvalue weighted by Gasteiger charge is -2.17. The number of hydrogen-bond acceptors (Lipinski definition) is 3. The Hall–Kier alpha value is -2.24. The van der Waals surface area contributed by atoms with Gasteiger partial charge in [0.1, 0.15) is 5.75 Å². The fraction of sp³-hybridized carbons (Fsp3) is 0.176. The molecule has 0 saturated carbocycles. The molecule has 0 aromatic heterocycles. The molecule has 2 amide bonds. The number of benzene rings is 2. The van der Waals surface area contributed by atoms with Crippen molar-refractivity contribution >= 4 is 40.7 Å². The highest BCUT2D eigenvalue weighted by Crippen LogP contribution is 2.20. The van der Waals surface area contributed by atoms with Crippen molar-refractivity contribution in [1.82, 2.24) is 4.90 Å². The van der Waals surface area contributed by atoms with Gasteiger partial charge in [0.05, 0.1) is 13.7 Å². The number of rotatable bonds is 5. The Morgan fingerprint density at radius 1 is 1.08 bits per heavy atom. The molecule has 0 bridgehead atoms. The number of amides is 2. The second-order valence-corrected chi connectivity index (χ2v) is 5.97. The van der Waals surface area contributed by atoms with Crippen LogP contribution in [0.25, 0.3) is 0 Å². The molecule has 1 N–H and O–H groups in total. The van der Waals surface area contributed by atoms with Gasteiger partial charge in [0, 0.05) is 28.3 Å². The largest absolute Gasteiger partial charge is 0.497 e. The van der Waals surface area contributed by atoms with E-state index in [1.807, 2.05) is 0 Å². The van der Waals surface area contributed by atoms with Gasteiger partial charge in [-0.2, -0.15) is 0 Å². The van der Waals surface area contributed by atoms with E-state index in [-0.39, 0.29) is 18.4 Å². The van der Waals surface area contributed by atoms with E-state index in [0.717, 1.165) is 0 Å². The molecule has 7 heteroatoms. The van der Waals surface area contributed by atoms with Gasteiger partial charge in [0.15, 0.2) is 0 Å². The first-order chi connectivity index (χ1) is 11.4. The normalized spacial score (nSPS) is 10.2. The lowest BCUT2D eigenvalue weighted by molar-refractivity contribution is -0.116. The Kier molecular flexibility index (Phi) is 6.06. The number of anilines is 1. The first kappa shape index (κ1) is 18.1. The van der Waals surface area contributed by atoms with E-state index in [0.29, 0.717) is 27.0 Å². The van der Waals surface area contributed by atoms with Gasteiger partial charge in [-0.25, -0.2) is 0 Å². The highest BCUT2D eigenvalue weighted by molar-refractivity contribution is 6.35. The maximum Gasteiger partial charge on any atom is 0.254 e. The van der Waals surface area contributed by atoms with Crippen LogP contribution in [-0.4, -0.2) is 37.4 Å². The van der Waals surface area contributed by atoms with Gasteiger partial charge in [-0.05, 0) is 42.5 Å². The number of carbonyl (C=O) groups excluding carboxylic acids is 2. The molecule has 0 fully saturated rings. The SMILES string of the molecule is COc1ccc(NC(=O)CN(C)C(=O)c2cc(Cl)cc(Cl)c2)cc1. The monoisotopic (exact) mass is 366 g/mol. The van der Waals surface area contributed by atoms with E-state index < -0.39 is 0 Å². The van der Waals surface area contributed by atoms with Crippen LogP contribution in [0.4, 0.5) is 5.69 Å². The van der Waals surface area contributed by atoms with Crippen molar-refractivity contribution in [1.29, 1.82) is 0 Å². The third kappa shape index (κ3) is 4.88. The lowest BCUT2D eigenvalue weighted by atomic mass is 10.2. The summed E-state index contributed by atoms with van der Waals surface area (Å²) in [6.07, 6.45) is 0. The minimum atomic E-state index is -0.343. The fourth-order valence-corrected chi connectivity index (χ4v) is 2.59. The zero-order chi connectivity index (χ0) is 17.7. The molecule has 2 aromatic rings. The molecule has 0 spiro atoms. The highest BCUT2D eigenvalue weighted by atomic mass is 35.5. The summed E-state index contributed by atoms with van der Waals surface area (Å²) in [5, 5.41) is 3.44. The zero-order valence-electron chi connectivity index (χ0n) is 13.2. The van der Waals surface area contributed by atoms with Crippen LogP contribution in [0.5, 0.6) is 5.75 Å². The molecular weight excluding hydrogens is 351 g/mol. The van der Waals surface area contributed by atoms with Gasteiger partial charge >= 0.3 is 0 Å². The second kappa shape index (κ2) is 8.04. The molecule has 2 rings (SSSR count). The van der Waals surface area contributed by atoms with Crippen molar-refractivity contribution in [2.24, 2.45) is 0 Å². The molecule has 0 aliphatic rings. The Bertz CT molecular complexity index is 728. The van der Waals surface area contributed by atoms with Crippen molar-refractivity contribution in [3.8, 4) is 5.75 Å². The zero-order valence-corrected chi connectivity index (χ0v) is 14.7. The molecule has 2 aromatic carbocycles.